The molecule has 4 heteroatoms. The highest BCUT2D eigenvalue weighted by atomic mass is 16.5. The summed E-state index contributed by atoms with van der Waals surface area (Å²) in [4.78, 5) is 0. The third-order valence-electron chi connectivity index (χ3n) is 3.64. The van der Waals surface area contributed by atoms with Crippen molar-refractivity contribution in [2.45, 2.75) is 6.92 Å². The third kappa shape index (κ3) is 2.59. The van der Waals surface area contributed by atoms with Crippen LogP contribution in [0.15, 0.2) is 69.6 Å². The van der Waals surface area contributed by atoms with Crippen LogP contribution in [-0.2, 0) is 0 Å². The maximum absolute atomic E-state index is 5.80. The molecule has 0 amide bonds. The van der Waals surface area contributed by atoms with Crippen LogP contribution in [0.2, 0.25) is 0 Å². The molecule has 0 spiro atoms. The standard InChI is InChI=1S/C19H15NO3/c1-2-21-15-9-7-13(8-10-15)16-12-19(23-20-16)18-11-14-5-3-4-6-17(14)22-18/h3-12H,2H2,1H3. The molecule has 0 aliphatic rings. The van der Waals surface area contributed by atoms with Gasteiger partial charge in [-0.25, -0.2) is 0 Å². The first-order valence-electron chi connectivity index (χ1n) is 7.52. The van der Waals surface area contributed by atoms with E-state index >= 15 is 0 Å². The van der Waals surface area contributed by atoms with E-state index in [1.807, 2.05) is 67.6 Å². The molecule has 4 aromatic rings. The summed E-state index contributed by atoms with van der Waals surface area (Å²) < 4.78 is 16.7. The molecule has 0 saturated carbocycles. The van der Waals surface area contributed by atoms with Crippen LogP contribution < -0.4 is 4.74 Å². The van der Waals surface area contributed by atoms with E-state index in [4.69, 9.17) is 13.7 Å². The lowest BCUT2D eigenvalue weighted by atomic mass is 10.1. The molecule has 0 aliphatic carbocycles. The molecule has 0 radical (unpaired) electrons. The molecule has 23 heavy (non-hydrogen) atoms. The highest BCUT2D eigenvalue weighted by Crippen LogP contribution is 2.31. The van der Waals surface area contributed by atoms with Crippen molar-refractivity contribution in [1.29, 1.82) is 0 Å². The minimum Gasteiger partial charge on any atom is -0.494 e. The van der Waals surface area contributed by atoms with Crippen molar-refractivity contribution in [3.05, 3.63) is 60.7 Å². The van der Waals surface area contributed by atoms with Gasteiger partial charge in [-0.05, 0) is 43.3 Å². The van der Waals surface area contributed by atoms with Gasteiger partial charge in [0.1, 0.15) is 17.0 Å². The van der Waals surface area contributed by atoms with Gasteiger partial charge in [-0.2, -0.15) is 0 Å². The molecule has 0 N–H and O–H groups in total. The Morgan fingerprint density at radius 1 is 0.957 bits per heavy atom. The van der Waals surface area contributed by atoms with Gasteiger partial charge in [-0.1, -0.05) is 23.4 Å². The molecule has 2 heterocycles. The second-order valence-corrected chi connectivity index (χ2v) is 5.18. The highest BCUT2D eigenvalue weighted by Gasteiger charge is 2.13. The molecule has 0 aliphatic heterocycles. The second-order valence-electron chi connectivity index (χ2n) is 5.18. The number of hydrogen-bond acceptors (Lipinski definition) is 4. The van der Waals surface area contributed by atoms with Crippen molar-refractivity contribution in [3.63, 3.8) is 0 Å². The Balaban J connectivity index is 1.65. The molecular weight excluding hydrogens is 290 g/mol. The minimum atomic E-state index is 0.616. The van der Waals surface area contributed by atoms with Gasteiger partial charge >= 0.3 is 0 Å². The SMILES string of the molecule is CCOc1ccc(-c2cc(-c3cc4ccccc4o3)on2)cc1. The third-order valence-corrected chi connectivity index (χ3v) is 3.64. The number of benzene rings is 2. The molecule has 114 valence electrons. The second kappa shape index (κ2) is 5.65. The monoisotopic (exact) mass is 305 g/mol. The van der Waals surface area contributed by atoms with E-state index in [0.717, 1.165) is 28.0 Å². The zero-order chi connectivity index (χ0) is 15.6. The molecule has 4 rings (SSSR count). The summed E-state index contributed by atoms with van der Waals surface area (Å²) >= 11 is 0. The number of fused-ring (bicyclic) bond motifs is 1. The summed E-state index contributed by atoms with van der Waals surface area (Å²) in [5.74, 6) is 2.14. The summed E-state index contributed by atoms with van der Waals surface area (Å²) in [7, 11) is 0. The molecule has 0 fully saturated rings. The molecule has 2 aromatic heterocycles. The van der Waals surface area contributed by atoms with E-state index in [1.54, 1.807) is 0 Å². The van der Waals surface area contributed by atoms with Crippen molar-refractivity contribution in [2.24, 2.45) is 0 Å². The first-order chi connectivity index (χ1) is 11.3. The zero-order valence-corrected chi connectivity index (χ0v) is 12.7. The van der Waals surface area contributed by atoms with Crippen molar-refractivity contribution >= 4 is 11.0 Å². The van der Waals surface area contributed by atoms with Gasteiger partial charge in [0, 0.05) is 17.0 Å². The van der Waals surface area contributed by atoms with Gasteiger partial charge in [0.2, 0.25) is 5.76 Å². The molecule has 2 aromatic carbocycles. The van der Waals surface area contributed by atoms with Gasteiger partial charge in [-0.3, -0.25) is 0 Å². The number of ether oxygens (including phenoxy) is 1. The lowest BCUT2D eigenvalue weighted by molar-refractivity contribution is 0.340. The van der Waals surface area contributed by atoms with E-state index in [9.17, 15) is 0 Å². The van der Waals surface area contributed by atoms with Crippen LogP contribution in [0.25, 0.3) is 33.7 Å². The first-order valence-corrected chi connectivity index (χ1v) is 7.52. The number of furan rings is 1. The van der Waals surface area contributed by atoms with Crippen LogP contribution in [0.4, 0.5) is 0 Å². The topological polar surface area (TPSA) is 48.4 Å². The molecule has 0 bridgehead atoms. The zero-order valence-electron chi connectivity index (χ0n) is 12.7. The Labute approximate surface area is 133 Å². The Bertz CT molecular complexity index is 902. The maximum atomic E-state index is 5.80. The molecule has 0 atom stereocenters. The fourth-order valence-electron chi connectivity index (χ4n) is 2.52. The van der Waals surface area contributed by atoms with Crippen molar-refractivity contribution in [2.75, 3.05) is 6.61 Å². The molecule has 0 saturated heterocycles. The fraction of sp³-hybridized carbons (Fsp3) is 0.105. The van der Waals surface area contributed by atoms with Crippen LogP contribution in [0.3, 0.4) is 0 Å². The largest absolute Gasteiger partial charge is 0.494 e. The van der Waals surface area contributed by atoms with Gasteiger partial charge in [0.05, 0.1) is 6.61 Å². The van der Waals surface area contributed by atoms with E-state index < -0.39 is 0 Å². The first kappa shape index (κ1) is 13.6. The molecule has 0 unspecified atom stereocenters. The summed E-state index contributed by atoms with van der Waals surface area (Å²) in [6.07, 6.45) is 0. The van der Waals surface area contributed by atoms with Crippen LogP contribution in [0.5, 0.6) is 5.75 Å². The predicted octanol–water partition coefficient (Wildman–Crippen LogP) is 5.15. The number of hydrogen-bond donors (Lipinski definition) is 0. The van der Waals surface area contributed by atoms with Crippen LogP contribution >= 0.6 is 0 Å². The van der Waals surface area contributed by atoms with Crippen molar-refractivity contribution in [1.82, 2.24) is 5.16 Å². The summed E-state index contributed by atoms with van der Waals surface area (Å²) in [6.45, 7) is 2.62. The quantitative estimate of drug-likeness (QED) is 0.523. The van der Waals surface area contributed by atoms with Gasteiger partial charge in [0.25, 0.3) is 0 Å². The summed E-state index contributed by atoms with van der Waals surface area (Å²) in [5.41, 5.74) is 2.57. The van der Waals surface area contributed by atoms with E-state index in [1.165, 1.54) is 0 Å². The average molecular weight is 305 g/mol. The number of rotatable bonds is 4. The average Bonchev–Trinajstić information content (AvgIpc) is 3.22. The van der Waals surface area contributed by atoms with E-state index in [2.05, 4.69) is 5.16 Å². The van der Waals surface area contributed by atoms with E-state index in [-0.39, 0.29) is 0 Å². The minimum absolute atomic E-state index is 0.616. The Morgan fingerprint density at radius 2 is 1.78 bits per heavy atom. The molecular formula is C19H15NO3. The normalized spacial score (nSPS) is 11.0. The lowest BCUT2D eigenvalue weighted by Gasteiger charge is -2.02. The molecule has 4 nitrogen and oxygen atoms in total. The highest BCUT2D eigenvalue weighted by molar-refractivity contribution is 5.82. The maximum Gasteiger partial charge on any atom is 0.202 e. The Morgan fingerprint density at radius 3 is 2.57 bits per heavy atom. The van der Waals surface area contributed by atoms with Crippen molar-refractivity contribution in [3.8, 4) is 28.5 Å². The van der Waals surface area contributed by atoms with Crippen LogP contribution in [0.1, 0.15) is 6.92 Å². The van der Waals surface area contributed by atoms with E-state index in [0.29, 0.717) is 18.1 Å². The number of aromatic nitrogens is 1. The lowest BCUT2D eigenvalue weighted by Crippen LogP contribution is -1.90. The van der Waals surface area contributed by atoms with Gasteiger partial charge in [-0.15, -0.1) is 0 Å². The van der Waals surface area contributed by atoms with Crippen LogP contribution in [0, 0.1) is 0 Å². The Kier molecular flexibility index (Phi) is 3.35. The predicted molar refractivity (Wildman–Crippen MR) is 88.3 cm³/mol. The van der Waals surface area contributed by atoms with Gasteiger partial charge < -0.3 is 13.7 Å². The number of nitrogens with zero attached hydrogens (tertiary/aromatic N) is 1. The number of para-hydroxylation sites is 1. The van der Waals surface area contributed by atoms with Crippen LogP contribution in [-0.4, -0.2) is 11.8 Å². The Hall–Kier alpha value is -3.01. The summed E-state index contributed by atoms with van der Waals surface area (Å²) in [5, 5.41) is 5.18. The smallest absolute Gasteiger partial charge is 0.202 e. The fourth-order valence-corrected chi connectivity index (χ4v) is 2.52. The van der Waals surface area contributed by atoms with Crippen molar-refractivity contribution < 1.29 is 13.7 Å². The van der Waals surface area contributed by atoms with Gasteiger partial charge in [0.15, 0.2) is 5.76 Å². The summed E-state index contributed by atoms with van der Waals surface area (Å²) in [6, 6.07) is 19.5.